The van der Waals surface area contributed by atoms with E-state index in [0.717, 1.165) is 7.11 Å². The fourth-order valence-electron chi connectivity index (χ4n) is 2.22. The lowest BCUT2D eigenvalue weighted by Gasteiger charge is -2.18. The van der Waals surface area contributed by atoms with Crippen molar-refractivity contribution in [2.75, 3.05) is 24.7 Å². The van der Waals surface area contributed by atoms with Gasteiger partial charge in [-0.15, -0.1) is 10.2 Å². The highest BCUT2D eigenvalue weighted by Gasteiger charge is 2.29. The number of aromatic nitrogens is 1. The molecule has 0 saturated heterocycles. The molecule has 6 N–H and O–H groups in total. The second kappa shape index (κ2) is 11.9. The molecule has 2 aromatic rings. The second-order valence-electron chi connectivity index (χ2n) is 6.16. The van der Waals surface area contributed by atoms with Crippen LogP contribution in [0.15, 0.2) is 46.6 Å². The first-order valence-electron chi connectivity index (χ1n) is 9.36. The number of benzene rings is 1. The molecule has 33 heavy (non-hydrogen) atoms. The molecule has 178 valence electrons. The summed E-state index contributed by atoms with van der Waals surface area (Å²) < 4.78 is 30.9. The Morgan fingerprint density at radius 1 is 1.21 bits per heavy atom. The van der Waals surface area contributed by atoms with E-state index in [1.54, 1.807) is 6.07 Å². The van der Waals surface area contributed by atoms with Gasteiger partial charge in [0.05, 0.1) is 7.11 Å². The molecule has 0 fully saturated rings. The van der Waals surface area contributed by atoms with E-state index in [1.807, 2.05) is 0 Å². The molecule has 2 atom stereocenters. The standard InChI is InChI=1S/C18H23N6O8P/c1-11(30-18(26)29-2)31-33(27,28)32-14-6-4-3-5-12(14)23-24-13-7-8-15(22-17(13)20)21-16(25)9-10-19/h3-8,11H,9-10,19H2,1-2H3,(H,27,28)(H3,20,21,22,25). The van der Waals surface area contributed by atoms with Gasteiger partial charge in [-0.25, -0.2) is 18.9 Å². The summed E-state index contributed by atoms with van der Waals surface area (Å²) in [6.45, 7) is 1.39. The quantitative estimate of drug-likeness (QED) is 0.167. The molecule has 0 bridgehead atoms. The van der Waals surface area contributed by atoms with Gasteiger partial charge in [0.2, 0.25) is 12.2 Å². The maximum Gasteiger partial charge on any atom is 0.530 e. The van der Waals surface area contributed by atoms with Crippen molar-refractivity contribution in [3.05, 3.63) is 36.4 Å². The molecular formula is C18H23N6O8P. The summed E-state index contributed by atoms with van der Waals surface area (Å²) in [7, 11) is -3.65. The lowest BCUT2D eigenvalue weighted by molar-refractivity contribution is -0.116. The van der Waals surface area contributed by atoms with Gasteiger partial charge in [0.25, 0.3) is 0 Å². The van der Waals surface area contributed by atoms with Crippen molar-refractivity contribution in [2.24, 2.45) is 16.0 Å². The first-order chi connectivity index (χ1) is 15.6. The molecule has 0 aliphatic carbocycles. The maximum absolute atomic E-state index is 12.3. The van der Waals surface area contributed by atoms with Gasteiger partial charge < -0.3 is 30.8 Å². The third-order valence-electron chi connectivity index (χ3n) is 3.60. The van der Waals surface area contributed by atoms with Crippen LogP contribution in [0, 0.1) is 0 Å². The summed E-state index contributed by atoms with van der Waals surface area (Å²) in [6.07, 6.45) is -2.41. The van der Waals surface area contributed by atoms with Crippen LogP contribution in [0.25, 0.3) is 0 Å². The number of azo groups is 1. The number of hydrogen-bond donors (Lipinski definition) is 4. The van der Waals surface area contributed by atoms with Gasteiger partial charge in [0, 0.05) is 13.0 Å². The van der Waals surface area contributed by atoms with Crippen LogP contribution in [0.2, 0.25) is 0 Å². The Morgan fingerprint density at radius 2 is 1.91 bits per heavy atom. The van der Waals surface area contributed by atoms with Crippen molar-refractivity contribution in [1.82, 2.24) is 4.98 Å². The van der Waals surface area contributed by atoms with Crippen LogP contribution in [0.3, 0.4) is 0 Å². The molecule has 2 rings (SSSR count). The van der Waals surface area contributed by atoms with E-state index in [-0.39, 0.29) is 47.6 Å². The molecule has 1 aromatic carbocycles. The van der Waals surface area contributed by atoms with Crippen LogP contribution in [0.1, 0.15) is 13.3 Å². The summed E-state index contributed by atoms with van der Waals surface area (Å²) in [5, 5.41) is 10.5. The van der Waals surface area contributed by atoms with Crippen LogP contribution in [0.5, 0.6) is 5.75 Å². The molecule has 0 radical (unpaired) electrons. The number of nitrogen functional groups attached to an aromatic ring is 1. The topological polar surface area (TPSA) is 210 Å². The normalized spacial score (nSPS) is 13.7. The number of pyridine rings is 1. The van der Waals surface area contributed by atoms with E-state index in [4.69, 9.17) is 20.5 Å². The Kier molecular flexibility index (Phi) is 9.24. The average molecular weight is 482 g/mol. The number of nitrogens with one attached hydrogen (secondary N) is 1. The lowest BCUT2D eigenvalue weighted by atomic mass is 10.3. The van der Waals surface area contributed by atoms with Gasteiger partial charge in [-0.2, -0.15) is 0 Å². The number of nitrogens with two attached hydrogens (primary N) is 2. The molecule has 2 unspecified atom stereocenters. The molecule has 0 aliphatic rings. The fraction of sp³-hybridized carbons (Fsp3) is 0.278. The van der Waals surface area contributed by atoms with Gasteiger partial charge in [0.15, 0.2) is 11.6 Å². The SMILES string of the molecule is COC(=O)OC(C)OP(=O)(O)Oc1ccccc1N=Nc1ccc(NC(=O)CCN)nc1N. The number of phosphoric ester groups is 1. The highest BCUT2D eigenvalue weighted by atomic mass is 31.2. The van der Waals surface area contributed by atoms with E-state index in [0.29, 0.717) is 0 Å². The molecular weight excluding hydrogens is 459 g/mol. The summed E-state index contributed by atoms with van der Waals surface area (Å²) in [4.78, 5) is 36.6. The Morgan fingerprint density at radius 3 is 2.58 bits per heavy atom. The molecule has 1 amide bonds. The third-order valence-corrected chi connectivity index (χ3v) is 4.59. The summed E-state index contributed by atoms with van der Waals surface area (Å²) in [5.74, 6) is -0.260. The number of nitrogens with zero attached hydrogens (tertiary/aromatic N) is 3. The van der Waals surface area contributed by atoms with Gasteiger partial charge in [0.1, 0.15) is 17.2 Å². The minimum absolute atomic E-state index is 0.0207. The van der Waals surface area contributed by atoms with Gasteiger partial charge >= 0.3 is 14.0 Å². The molecule has 0 saturated carbocycles. The zero-order valence-electron chi connectivity index (χ0n) is 17.7. The maximum atomic E-state index is 12.3. The van der Waals surface area contributed by atoms with E-state index >= 15 is 0 Å². The summed E-state index contributed by atoms with van der Waals surface area (Å²) in [5.41, 5.74) is 11.4. The van der Waals surface area contributed by atoms with Crippen LogP contribution in [-0.4, -0.2) is 41.9 Å². The van der Waals surface area contributed by atoms with Crippen molar-refractivity contribution in [3.63, 3.8) is 0 Å². The molecule has 1 heterocycles. The zero-order chi connectivity index (χ0) is 24.4. The van der Waals surface area contributed by atoms with Crippen molar-refractivity contribution < 1.29 is 37.6 Å². The predicted molar refractivity (Wildman–Crippen MR) is 116 cm³/mol. The number of amides is 1. The Bertz CT molecular complexity index is 1070. The number of hydrogen-bond acceptors (Lipinski definition) is 12. The first kappa shape index (κ1) is 25.7. The van der Waals surface area contributed by atoms with Gasteiger partial charge in [-0.05, 0) is 31.2 Å². The number of rotatable bonds is 10. The molecule has 14 nitrogen and oxygen atoms in total. The van der Waals surface area contributed by atoms with Crippen LogP contribution in [0.4, 0.5) is 27.8 Å². The van der Waals surface area contributed by atoms with Crippen LogP contribution < -0.4 is 21.3 Å². The highest BCUT2D eigenvalue weighted by molar-refractivity contribution is 7.47. The number of methoxy groups -OCH3 is 1. The largest absolute Gasteiger partial charge is 0.530 e. The van der Waals surface area contributed by atoms with E-state index in [9.17, 15) is 19.0 Å². The van der Waals surface area contributed by atoms with Gasteiger partial charge in [-0.1, -0.05) is 12.1 Å². The Labute approximate surface area is 188 Å². The minimum atomic E-state index is -4.72. The minimum Gasteiger partial charge on any atom is -0.438 e. The molecule has 0 spiro atoms. The number of carbonyl (C=O) groups is 2. The van der Waals surface area contributed by atoms with Crippen molar-refractivity contribution in [2.45, 2.75) is 19.6 Å². The highest BCUT2D eigenvalue weighted by Crippen LogP contribution is 2.48. The third kappa shape index (κ3) is 8.46. The summed E-state index contributed by atoms with van der Waals surface area (Å²) >= 11 is 0. The monoisotopic (exact) mass is 482 g/mol. The zero-order valence-corrected chi connectivity index (χ0v) is 18.6. The van der Waals surface area contributed by atoms with Gasteiger partial charge in [-0.3, -0.25) is 9.69 Å². The van der Waals surface area contributed by atoms with Crippen molar-refractivity contribution in [3.8, 4) is 5.75 Å². The van der Waals surface area contributed by atoms with E-state index in [1.165, 1.54) is 37.3 Å². The predicted octanol–water partition coefficient (Wildman–Crippen LogP) is 2.99. The Balaban J connectivity index is 2.13. The van der Waals surface area contributed by atoms with Crippen LogP contribution >= 0.6 is 7.82 Å². The first-order valence-corrected chi connectivity index (χ1v) is 10.9. The molecule has 1 aromatic heterocycles. The molecule has 0 aliphatic heterocycles. The summed E-state index contributed by atoms with van der Waals surface area (Å²) in [6, 6.07) is 8.87. The number of para-hydroxylation sites is 1. The average Bonchev–Trinajstić information content (AvgIpc) is 2.73. The number of phosphoric acid groups is 1. The molecule has 15 heteroatoms. The van der Waals surface area contributed by atoms with Crippen LogP contribution in [-0.2, 0) is 23.4 Å². The fourth-order valence-corrected chi connectivity index (χ4v) is 3.09. The van der Waals surface area contributed by atoms with Crippen molar-refractivity contribution >= 4 is 42.9 Å². The lowest BCUT2D eigenvalue weighted by Crippen LogP contribution is -2.18. The number of anilines is 2. The second-order valence-corrected chi connectivity index (χ2v) is 7.49. The smallest absolute Gasteiger partial charge is 0.438 e. The number of carbonyl (C=O) groups excluding carboxylic acids is 2. The van der Waals surface area contributed by atoms with Crippen molar-refractivity contribution in [1.29, 1.82) is 0 Å². The number of ether oxygens (including phenoxy) is 2. The van der Waals surface area contributed by atoms with E-state index < -0.39 is 20.3 Å². The Hall–Kier alpha value is -3.58. The van der Waals surface area contributed by atoms with E-state index in [2.05, 4.69) is 30.0 Å².